The number of hydrogen-bond acceptors (Lipinski definition) is 2. The van der Waals surface area contributed by atoms with Crippen LogP contribution in [0.25, 0.3) is 0 Å². The molecule has 0 bridgehead atoms. The van der Waals surface area contributed by atoms with E-state index < -0.39 is 5.97 Å². The Morgan fingerprint density at radius 3 is 2.31 bits per heavy atom. The lowest BCUT2D eigenvalue weighted by atomic mass is 9.87. The molecular weight excluding hydrogens is 202 g/mol. The van der Waals surface area contributed by atoms with Crippen LogP contribution in [-0.4, -0.2) is 16.1 Å². The predicted octanol–water partition coefficient (Wildman–Crippen LogP) is 2.99. The molecule has 0 saturated heterocycles. The maximum absolute atomic E-state index is 11.0. The highest BCUT2D eigenvalue weighted by Crippen LogP contribution is 2.23. The molecule has 0 aliphatic carbocycles. The number of hydrogen-bond donors (Lipinski definition) is 1. The van der Waals surface area contributed by atoms with Crippen LogP contribution in [0.3, 0.4) is 0 Å². The van der Waals surface area contributed by atoms with Crippen molar-refractivity contribution in [1.29, 1.82) is 0 Å². The van der Waals surface area contributed by atoms with Crippen LogP contribution in [0, 0.1) is 19.3 Å². The molecule has 3 nitrogen and oxygen atoms in total. The van der Waals surface area contributed by atoms with E-state index in [1.165, 1.54) is 0 Å². The van der Waals surface area contributed by atoms with Crippen molar-refractivity contribution in [2.45, 2.75) is 41.0 Å². The zero-order chi connectivity index (χ0) is 12.5. The Hall–Kier alpha value is -1.38. The third-order valence-corrected chi connectivity index (χ3v) is 2.46. The average molecular weight is 221 g/mol. The minimum Gasteiger partial charge on any atom is -0.478 e. The second-order valence-corrected chi connectivity index (χ2v) is 5.41. The van der Waals surface area contributed by atoms with Crippen molar-refractivity contribution in [3.63, 3.8) is 0 Å². The molecule has 0 aliphatic rings. The Labute approximate surface area is 96.5 Å². The topological polar surface area (TPSA) is 50.2 Å². The first-order chi connectivity index (χ1) is 7.20. The van der Waals surface area contributed by atoms with Crippen molar-refractivity contribution >= 4 is 5.97 Å². The Bertz CT molecular complexity index is 417. The normalized spacial score (nSPS) is 11.6. The van der Waals surface area contributed by atoms with Crippen LogP contribution in [-0.2, 0) is 6.42 Å². The predicted molar refractivity (Wildman–Crippen MR) is 63.8 cm³/mol. The fraction of sp³-hybridized carbons (Fsp3) is 0.538. The number of aryl methyl sites for hydroxylation is 2. The third kappa shape index (κ3) is 3.05. The summed E-state index contributed by atoms with van der Waals surface area (Å²) in [5.41, 5.74) is 2.98. The summed E-state index contributed by atoms with van der Waals surface area (Å²) >= 11 is 0. The Morgan fingerprint density at radius 1 is 1.31 bits per heavy atom. The monoisotopic (exact) mass is 221 g/mol. The number of carboxylic acid groups (broad SMARTS) is 1. The summed E-state index contributed by atoms with van der Waals surface area (Å²) in [4.78, 5) is 15.3. The highest BCUT2D eigenvalue weighted by Gasteiger charge is 2.17. The first-order valence-corrected chi connectivity index (χ1v) is 5.41. The van der Waals surface area contributed by atoms with Gasteiger partial charge >= 0.3 is 5.97 Å². The van der Waals surface area contributed by atoms with E-state index in [9.17, 15) is 4.79 Å². The SMILES string of the molecule is Cc1nc(C)c(C(=O)O)cc1CC(C)(C)C. The molecule has 0 amide bonds. The number of aromatic nitrogens is 1. The van der Waals surface area contributed by atoms with Crippen LogP contribution >= 0.6 is 0 Å². The van der Waals surface area contributed by atoms with Gasteiger partial charge in [0.1, 0.15) is 0 Å². The lowest BCUT2D eigenvalue weighted by Gasteiger charge is -2.20. The first-order valence-electron chi connectivity index (χ1n) is 5.41. The van der Waals surface area contributed by atoms with E-state index in [1.54, 1.807) is 13.0 Å². The van der Waals surface area contributed by atoms with Crippen LogP contribution in [0.2, 0.25) is 0 Å². The van der Waals surface area contributed by atoms with E-state index in [1.807, 2.05) is 6.92 Å². The Morgan fingerprint density at radius 2 is 1.88 bits per heavy atom. The molecule has 1 rings (SSSR count). The van der Waals surface area contributed by atoms with E-state index in [0.717, 1.165) is 17.7 Å². The molecule has 0 aliphatic heterocycles. The quantitative estimate of drug-likeness (QED) is 0.835. The second kappa shape index (κ2) is 4.24. The van der Waals surface area contributed by atoms with Crippen molar-refractivity contribution in [3.05, 3.63) is 28.6 Å². The standard InChI is InChI=1S/C13H19NO2/c1-8-10(7-13(3,4)5)6-11(12(15)16)9(2)14-8/h6H,7H2,1-5H3,(H,15,16). The molecule has 0 radical (unpaired) electrons. The molecule has 16 heavy (non-hydrogen) atoms. The van der Waals surface area contributed by atoms with Crippen molar-refractivity contribution in [1.82, 2.24) is 4.98 Å². The van der Waals surface area contributed by atoms with Gasteiger partial charge in [-0.2, -0.15) is 0 Å². The fourth-order valence-corrected chi connectivity index (χ4v) is 1.73. The van der Waals surface area contributed by atoms with Gasteiger partial charge in [0.2, 0.25) is 0 Å². The van der Waals surface area contributed by atoms with E-state index in [0.29, 0.717) is 11.3 Å². The van der Waals surface area contributed by atoms with Gasteiger partial charge in [-0.3, -0.25) is 4.98 Å². The third-order valence-electron chi connectivity index (χ3n) is 2.46. The molecule has 0 saturated carbocycles. The zero-order valence-corrected chi connectivity index (χ0v) is 10.6. The molecule has 3 heteroatoms. The summed E-state index contributed by atoms with van der Waals surface area (Å²) in [7, 11) is 0. The highest BCUT2D eigenvalue weighted by molar-refractivity contribution is 5.89. The lowest BCUT2D eigenvalue weighted by molar-refractivity contribution is 0.0695. The molecule has 0 aromatic carbocycles. The average Bonchev–Trinajstić information content (AvgIpc) is 2.07. The molecule has 1 heterocycles. The Kier molecular flexibility index (Phi) is 3.36. The minimum atomic E-state index is -0.903. The first kappa shape index (κ1) is 12.7. The maximum atomic E-state index is 11.0. The molecule has 0 spiro atoms. The number of carbonyl (C=O) groups is 1. The molecule has 0 unspecified atom stereocenters. The maximum Gasteiger partial charge on any atom is 0.337 e. The van der Waals surface area contributed by atoms with Gasteiger partial charge in [-0.15, -0.1) is 0 Å². The zero-order valence-electron chi connectivity index (χ0n) is 10.6. The smallest absolute Gasteiger partial charge is 0.337 e. The van der Waals surface area contributed by atoms with Crippen LogP contribution in [0.4, 0.5) is 0 Å². The number of aromatic carboxylic acids is 1. The van der Waals surface area contributed by atoms with Crippen molar-refractivity contribution in [3.8, 4) is 0 Å². The van der Waals surface area contributed by atoms with Gasteiger partial charge in [0.05, 0.1) is 11.3 Å². The van der Waals surface area contributed by atoms with Crippen molar-refractivity contribution < 1.29 is 9.90 Å². The summed E-state index contributed by atoms with van der Waals surface area (Å²) in [5, 5.41) is 9.04. The molecule has 1 N–H and O–H groups in total. The van der Waals surface area contributed by atoms with Crippen LogP contribution < -0.4 is 0 Å². The summed E-state index contributed by atoms with van der Waals surface area (Å²) in [6.45, 7) is 10.1. The lowest BCUT2D eigenvalue weighted by Crippen LogP contribution is -2.13. The van der Waals surface area contributed by atoms with Gasteiger partial charge in [0.15, 0.2) is 0 Å². The highest BCUT2D eigenvalue weighted by atomic mass is 16.4. The van der Waals surface area contributed by atoms with Crippen molar-refractivity contribution in [2.24, 2.45) is 5.41 Å². The fourth-order valence-electron chi connectivity index (χ4n) is 1.73. The van der Waals surface area contributed by atoms with Crippen molar-refractivity contribution in [2.75, 3.05) is 0 Å². The molecule has 0 atom stereocenters. The van der Waals surface area contributed by atoms with E-state index >= 15 is 0 Å². The number of rotatable bonds is 2. The second-order valence-electron chi connectivity index (χ2n) is 5.41. The molecule has 88 valence electrons. The molecule has 1 aromatic heterocycles. The summed E-state index contributed by atoms with van der Waals surface area (Å²) in [6.07, 6.45) is 0.840. The number of nitrogens with zero attached hydrogens (tertiary/aromatic N) is 1. The van der Waals surface area contributed by atoms with E-state index in [-0.39, 0.29) is 5.41 Å². The van der Waals surface area contributed by atoms with Crippen LogP contribution in [0.1, 0.15) is 48.1 Å². The van der Waals surface area contributed by atoms with Gasteiger partial charge in [-0.05, 0) is 37.3 Å². The summed E-state index contributed by atoms with van der Waals surface area (Å²) in [6, 6.07) is 1.76. The van der Waals surface area contributed by atoms with Gasteiger partial charge in [0.25, 0.3) is 0 Å². The molecule has 0 fully saturated rings. The van der Waals surface area contributed by atoms with Gasteiger partial charge < -0.3 is 5.11 Å². The van der Waals surface area contributed by atoms with Crippen LogP contribution in [0.5, 0.6) is 0 Å². The van der Waals surface area contributed by atoms with Gasteiger partial charge in [-0.1, -0.05) is 20.8 Å². The van der Waals surface area contributed by atoms with E-state index in [2.05, 4.69) is 25.8 Å². The molecular formula is C13H19NO2. The van der Waals surface area contributed by atoms with Crippen LogP contribution in [0.15, 0.2) is 6.07 Å². The number of carboxylic acids is 1. The van der Waals surface area contributed by atoms with Gasteiger partial charge in [-0.25, -0.2) is 4.79 Å². The summed E-state index contributed by atoms with van der Waals surface area (Å²) < 4.78 is 0. The minimum absolute atomic E-state index is 0.136. The number of pyridine rings is 1. The summed E-state index contributed by atoms with van der Waals surface area (Å²) in [5.74, 6) is -0.903. The largest absolute Gasteiger partial charge is 0.478 e. The molecule has 1 aromatic rings. The van der Waals surface area contributed by atoms with Gasteiger partial charge in [0, 0.05) is 5.69 Å². The Balaban J connectivity index is 3.20. The van der Waals surface area contributed by atoms with E-state index in [4.69, 9.17) is 5.11 Å².